The summed E-state index contributed by atoms with van der Waals surface area (Å²) in [5.74, 6) is -0.748. The van der Waals surface area contributed by atoms with Crippen LogP contribution in [0.5, 0.6) is 0 Å². The van der Waals surface area contributed by atoms with Crippen LogP contribution in [0.2, 0.25) is 0 Å². The van der Waals surface area contributed by atoms with E-state index in [1.54, 1.807) is 0 Å². The number of hydrogen-bond donors (Lipinski definition) is 1. The highest BCUT2D eigenvalue weighted by molar-refractivity contribution is 9.10. The van der Waals surface area contributed by atoms with Crippen molar-refractivity contribution in [1.29, 1.82) is 0 Å². The van der Waals surface area contributed by atoms with Crippen LogP contribution in [0.15, 0.2) is 16.6 Å². The molecular weight excluding hydrogens is 244 g/mol. The third-order valence-corrected chi connectivity index (χ3v) is 3.03. The van der Waals surface area contributed by atoms with Gasteiger partial charge in [0.05, 0.1) is 0 Å². The smallest absolute Gasteiger partial charge is 0.303 e. The fourth-order valence-electron chi connectivity index (χ4n) is 1.39. The first kappa shape index (κ1) is 11.2. The summed E-state index contributed by atoms with van der Waals surface area (Å²) in [5, 5.41) is 8.59. The van der Waals surface area contributed by atoms with Crippen LogP contribution in [-0.4, -0.2) is 11.1 Å². The Kier molecular flexibility index (Phi) is 3.69. The van der Waals surface area contributed by atoms with Crippen molar-refractivity contribution in [2.24, 2.45) is 0 Å². The zero-order chi connectivity index (χ0) is 10.7. The van der Waals surface area contributed by atoms with Crippen molar-refractivity contribution < 1.29 is 9.90 Å². The predicted molar refractivity (Wildman–Crippen MR) is 59.6 cm³/mol. The number of rotatable bonds is 3. The lowest BCUT2D eigenvalue weighted by molar-refractivity contribution is -0.136. The van der Waals surface area contributed by atoms with Gasteiger partial charge in [-0.05, 0) is 43.0 Å². The minimum absolute atomic E-state index is 0.191. The summed E-state index contributed by atoms with van der Waals surface area (Å²) in [7, 11) is 0. The van der Waals surface area contributed by atoms with Gasteiger partial charge in [0.25, 0.3) is 0 Å². The Hall–Kier alpha value is -0.830. The molecule has 0 fully saturated rings. The number of halogens is 1. The number of carbonyl (C=O) groups is 1. The maximum atomic E-state index is 10.4. The van der Waals surface area contributed by atoms with Gasteiger partial charge in [0.1, 0.15) is 0 Å². The van der Waals surface area contributed by atoms with E-state index >= 15 is 0 Å². The normalized spacial score (nSPS) is 10.2. The Morgan fingerprint density at radius 2 is 2.07 bits per heavy atom. The highest BCUT2D eigenvalue weighted by atomic mass is 79.9. The third-order valence-electron chi connectivity index (χ3n) is 2.20. The van der Waals surface area contributed by atoms with Gasteiger partial charge in [-0.3, -0.25) is 4.79 Å². The molecule has 0 aliphatic carbocycles. The van der Waals surface area contributed by atoms with Crippen LogP contribution in [0.3, 0.4) is 0 Å². The zero-order valence-electron chi connectivity index (χ0n) is 8.30. The molecule has 1 rings (SSSR count). The molecule has 1 aromatic carbocycles. The fourth-order valence-corrected chi connectivity index (χ4v) is 2.00. The predicted octanol–water partition coefficient (Wildman–Crippen LogP) is 3.08. The Labute approximate surface area is 92.1 Å². The first-order chi connectivity index (χ1) is 6.50. The topological polar surface area (TPSA) is 37.3 Å². The van der Waals surface area contributed by atoms with Gasteiger partial charge in [0.15, 0.2) is 0 Å². The molecule has 76 valence electrons. The van der Waals surface area contributed by atoms with Crippen molar-refractivity contribution in [3.8, 4) is 0 Å². The second-order valence-corrected chi connectivity index (χ2v) is 4.28. The molecule has 0 radical (unpaired) electrons. The highest BCUT2D eigenvalue weighted by Crippen LogP contribution is 2.22. The van der Waals surface area contributed by atoms with Crippen molar-refractivity contribution in [3.63, 3.8) is 0 Å². The lowest BCUT2D eigenvalue weighted by Crippen LogP contribution is -1.99. The number of benzene rings is 1. The van der Waals surface area contributed by atoms with Gasteiger partial charge in [-0.15, -0.1) is 0 Å². The van der Waals surface area contributed by atoms with Crippen LogP contribution >= 0.6 is 15.9 Å². The van der Waals surface area contributed by atoms with E-state index in [1.165, 1.54) is 0 Å². The molecule has 2 nitrogen and oxygen atoms in total. The zero-order valence-corrected chi connectivity index (χ0v) is 9.89. The molecule has 0 aromatic heterocycles. The summed E-state index contributed by atoms with van der Waals surface area (Å²) >= 11 is 3.46. The van der Waals surface area contributed by atoms with Crippen LogP contribution in [-0.2, 0) is 11.2 Å². The van der Waals surface area contributed by atoms with Gasteiger partial charge in [-0.1, -0.05) is 22.0 Å². The first-order valence-electron chi connectivity index (χ1n) is 4.48. The minimum atomic E-state index is -0.748. The molecule has 0 aliphatic heterocycles. The summed E-state index contributed by atoms with van der Waals surface area (Å²) in [4.78, 5) is 10.4. The van der Waals surface area contributed by atoms with Crippen LogP contribution in [0, 0.1) is 13.8 Å². The molecule has 0 aliphatic rings. The molecule has 1 aromatic rings. The van der Waals surface area contributed by atoms with Crippen molar-refractivity contribution in [2.75, 3.05) is 0 Å². The Balaban J connectivity index is 2.90. The molecule has 0 amide bonds. The summed E-state index contributed by atoms with van der Waals surface area (Å²) < 4.78 is 1.05. The highest BCUT2D eigenvalue weighted by Gasteiger charge is 2.05. The number of carboxylic acid groups (broad SMARTS) is 1. The van der Waals surface area contributed by atoms with Crippen molar-refractivity contribution in [1.82, 2.24) is 0 Å². The van der Waals surface area contributed by atoms with Crippen LogP contribution in [0.1, 0.15) is 23.1 Å². The van der Waals surface area contributed by atoms with Crippen LogP contribution in [0.4, 0.5) is 0 Å². The van der Waals surface area contributed by atoms with E-state index in [0.29, 0.717) is 6.42 Å². The summed E-state index contributed by atoms with van der Waals surface area (Å²) in [6.45, 7) is 4.01. The molecule has 0 bridgehead atoms. The molecule has 3 heteroatoms. The number of carboxylic acids is 1. The Bertz CT molecular complexity index is 359. The largest absolute Gasteiger partial charge is 0.481 e. The molecule has 0 unspecified atom stereocenters. The standard InChI is InChI=1S/C11H13BrO2/c1-7-5-9(3-4-11(13)14)8(2)10(12)6-7/h5-6H,3-4H2,1-2H3,(H,13,14). The third kappa shape index (κ3) is 2.84. The molecule has 0 spiro atoms. The summed E-state index contributed by atoms with van der Waals surface area (Å²) in [6, 6.07) is 4.09. The molecule has 0 saturated heterocycles. The maximum absolute atomic E-state index is 10.4. The molecular formula is C11H13BrO2. The van der Waals surface area contributed by atoms with E-state index in [2.05, 4.69) is 15.9 Å². The average molecular weight is 257 g/mol. The minimum Gasteiger partial charge on any atom is -0.481 e. The molecule has 1 N–H and O–H groups in total. The monoisotopic (exact) mass is 256 g/mol. The fraction of sp³-hybridized carbons (Fsp3) is 0.364. The second kappa shape index (κ2) is 4.60. The van der Waals surface area contributed by atoms with Gasteiger partial charge in [0.2, 0.25) is 0 Å². The van der Waals surface area contributed by atoms with E-state index in [9.17, 15) is 4.79 Å². The van der Waals surface area contributed by atoms with E-state index in [-0.39, 0.29) is 6.42 Å². The SMILES string of the molecule is Cc1cc(Br)c(C)c(CCC(=O)O)c1. The quantitative estimate of drug-likeness (QED) is 0.903. The van der Waals surface area contributed by atoms with Gasteiger partial charge >= 0.3 is 5.97 Å². The van der Waals surface area contributed by atoms with Gasteiger partial charge in [-0.2, -0.15) is 0 Å². The average Bonchev–Trinajstić information content (AvgIpc) is 2.08. The molecule has 0 saturated carbocycles. The summed E-state index contributed by atoms with van der Waals surface area (Å²) in [6.07, 6.45) is 0.790. The second-order valence-electron chi connectivity index (χ2n) is 3.42. The van der Waals surface area contributed by atoms with E-state index in [4.69, 9.17) is 5.11 Å². The lowest BCUT2D eigenvalue weighted by Gasteiger charge is -2.08. The Morgan fingerprint density at radius 1 is 1.43 bits per heavy atom. The van der Waals surface area contributed by atoms with E-state index in [0.717, 1.165) is 21.2 Å². The number of aliphatic carboxylic acids is 1. The van der Waals surface area contributed by atoms with E-state index in [1.807, 2.05) is 26.0 Å². The van der Waals surface area contributed by atoms with Crippen LogP contribution < -0.4 is 0 Å². The Morgan fingerprint density at radius 3 is 2.64 bits per heavy atom. The van der Waals surface area contributed by atoms with Crippen LogP contribution in [0.25, 0.3) is 0 Å². The van der Waals surface area contributed by atoms with Crippen molar-refractivity contribution in [2.45, 2.75) is 26.7 Å². The molecule has 14 heavy (non-hydrogen) atoms. The van der Waals surface area contributed by atoms with Crippen molar-refractivity contribution in [3.05, 3.63) is 33.3 Å². The summed E-state index contributed by atoms with van der Waals surface area (Å²) in [5.41, 5.74) is 3.40. The first-order valence-corrected chi connectivity index (χ1v) is 5.27. The van der Waals surface area contributed by atoms with Gasteiger partial charge in [-0.25, -0.2) is 0 Å². The lowest BCUT2D eigenvalue weighted by atomic mass is 10.0. The molecule has 0 heterocycles. The maximum Gasteiger partial charge on any atom is 0.303 e. The van der Waals surface area contributed by atoms with Crippen molar-refractivity contribution >= 4 is 21.9 Å². The number of hydrogen-bond acceptors (Lipinski definition) is 1. The van der Waals surface area contributed by atoms with Gasteiger partial charge < -0.3 is 5.11 Å². The van der Waals surface area contributed by atoms with Gasteiger partial charge in [0, 0.05) is 10.9 Å². The number of aryl methyl sites for hydroxylation is 2. The van der Waals surface area contributed by atoms with E-state index < -0.39 is 5.97 Å². The molecule has 0 atom stereocenters.